The van der Waals surface area contributed by atoms with Gasteiger partial charge < -0.3 is 0 Å². The predicted molar refractivity (Wildman–Crippen MR) is 87.3 cm³/mol. The number of hydrogen-bond acceptors (Lipinski definition) is 0. The molecule has 0 heterocycles. The number of rotatable bonds is 1. The summed E-state index contributed by atoms with van der Waals surface area (Å²) in [7, 11) is 0. The smallest absolute Gasteiger partial charge is 0.00391 e. The van der Waals surface area contributed by atoms with Crippen LogP contribution in [0.2, 0.25) is 0 Å². The second kappa shape index (κ2) is 4.61. The maximum atomic E-state index is 2.55. The predicted octanol–water partition coefficient (Wildman–Crippen LogP) is 5.84. The summed E-state index contributed by atoms with van der Waals surface area (Å²) in [5.41, 5.74) is 5.77. The van der Waals surface area contributed by atoms with Crippen molar-refractivity contribution >= 4 is 0 Å². The number of aryl methyl sites for hydroxylation is 1. The Labute approximate surface area is 125 Å². The second-order valence-corrected chi connectivity index (χ2v) is 8.42. The fourth-order valence-electron chi connectivity index (χ4n) is 5.19. The summed E-state index contributed by atoms with van der Waals surface area (Å²) >= 11 is 0. The van der Waals surface area contributed by atoms with Gasteiger partial charge in [-0.3, -0.25) is 0 Å². The van der Waals surface area contributed by atoms with Gasteiger partial charge in [0.25, 0.3) is 0 Å². The molecule has 20 heavy (non-hydrogen) atoms. The monoisotopic (exact) mass is 270 g/mol. The topological polar surface area (TPSA) is 0 Å². The van der Waals surface area contributed by atoms with Gasteiger partial charge in [0.15, 0.2) is 0 Å². The maximum absolute atomic E-state index is 2.55. The van der Waals surface area contributed by atoms with E-state index in [0.29, 0.717) is 16.7 Å². The molecule has 0 bridgehead atoms. The number of fused-ring (bicyclic) bond motifs is 3. The first-order valence-corrected chi connectivity index (χ1v) is 8.48. The molecule has 1 saturated carbocycles. The van der Waals surface area contributed by atoms with E-state index in [-0.39, 0.29) is 0 Å². The fraction of sp³-hybridized carbons (Fsp3) is 0.700. The van der Waals surface area contributed by atoms with E-state index in [1.807, 2.05) is 0 Å². The third-order valence-electron chi connectivity index (χ3n) is 6.34. The molecule has 0 N–H and O–H groups in total. The van der Waals surface area contributed by atoms with Crippen LogP contribution in [0.4, 0.5) is 0 Å². The SMILES string of the molecule is CC(C)c1ccc2c(c1)CCC1C(C)(C)CCC[C@]21C. The molecule has 1 fully saturated rings. The summed E-state index contributed by atoms with van der Waals surface area (Å²) in [5, 5.41) is 0. The number of hydrogen-bond donors (Lipinski definition) is 0. The van der Waals surface area contributed by atoms with Crippen molar-refractivity contribution in [3.05, 3.63) is 34.9 Å². The molecule has 0 aliphatic heterocycles. The first-order chi connectivity index (χ1) is 9.34. The molecule has 0 nitrogen and oxygen atoms in total. The molecule has 0 amide bonds. The number of benzene rings is 1. The van der Waals surface area contributed by atoms with Gasteiger partial charge in [-0.15, -0.1) is 0 Å². The molecule has 0 heteroatoms. The molecule has 1 unspecified atom stereocenters. The van der Waals surface area contributed by atoms with Gasteiger partial charge in [-0.1, -0.05) is 59.2 Å². The Morgan fingerprint density at radius 1 is 1.10 bits per heavy atom. The van der Waals surface area contributed by atoms with Gasteiger partial charge in [-0.25, -0.2) is 0 Å². The van der Waals surface area contributed by atoms with E-state index in [2.05, 4.69) is 52.8 Å². The third-order valence-corrected chi connectivity index (χ3v) is 6.34. The lowest BCUT2D eigenvalue weighted by Gasteiger charge is -2.54. The summed E-state index contributed by atoms with van der Waals surface area (Å²) in [6.45, 7) is 12.2. The molecule has 2 aliphatic carbocycles. The maximum Gasteiger partial charge on any atom is -0.00391 e. The second-order valence-electron chi connectivity index (χ2n) is 8.42. The molecule has 2 aliphatic rings. The molecule has 1 aromatic carbocycles. The van der Waals surface area contributed by atoms with Crippen LogP contribution in [-0.2, 0) is 11.8 Å². The average Bonchev–Trinajstić information content (AvgIpc) is 2.37. The lowest BCUT2D eigenvalue weighted by Crippen LogP contribution is -2.47. The third kappa shape index (κ3) is 2.03. The van der Waals surface area contributed by atoms with Gasteiger partial charge in [0.05, 0.1) is 0 Å². The zero-order valence-electron chi connectivity index (χ0n) is 13.9. The molecule has 0 spiro atoms. The van der Waals surface area contributed by atoms with E-state index >= 15 is 0 Å². The minimum atomic E-state index is 0.421. The molecule has 110 valence electrons. The van der Waals surface area contributed by atoms with Crippen LogP contribution in [0.3, 0.4) is 0 Å². The quantitative estimate of drug-likeness (QED) is 0.601. The highest BCUT2D eigenvalue weighted by atomic mass is 14.5. The summed E-state index contributed by atoms with van der Waals surface area (Å²) in [6.07, 6.45) is 6.87. The molecular formula is C20H30. The molecule has 3 rings (SSSR count). The lowest BCUT2D eigenvalue weighted by molar-refractivity contribution is 0.0407. The van der Waals surface area contributed by atoms with Crippen LogP contribution in [0.1, 0.15) is 82.9 Å². The lowest BCUT2D eigenvalue weighted by atomic mass is 9.50. The molecule has 1 aromatic rings. The molecular weight excluding hydrogens is 240 g/mol. The summed E-state index contributed by atoms with van der Waals surface area (Å²) < 4.78 is 0. The largest absolute Gasteiger partial charge is 0.0596 e. The van der Waals surface area contributed by atoms with Crippen LogP contribution in [-0.4, -0.2) is 0 Å². The van der Waals surface area contributed by atoms with Crippen molar-refractivity contribution in [2.24, 2.45) is 11.3 Å². The van der Waals surface area contributed by atoms with E-state index < -0.39 is 0 Å². The van der Waals surface area contributed by atoms with E-state index in [9.17, 15) is 0 Å². The normalized spacial score (nSPS) is 31.8. The minimum Gasteiger partial charge on any atom is -0.0596 e. The van der Waals surface area contributed by atoms with Gasteiger partial charge >= 0.3 is 0 Å². The van der Waals surface area contributed by atoms with Crippen molar-refractivity contribution in [2.75, 3.05) is 0 Å². The zero-order valence-corrected chi connectivity index (χ0v) is 13.9. The van der Waals surface area contributed by atoms with Gasteiger partial charge in [-0.05, 0) is 65.0 Å². The standard InChI is InChI=1S/C20H30/c1-14(2)15-7-9-17-16(13-15)8-10-18-19(3,4)11-6-12-20(17,18)5/h7,9,13-14,18H,6,8,10-12H2,1-5H3/t18?,20-/m1/s1. The Bertz CT molecular complexity index is 509. The Hall–Kier alpha value is -0.780. The Kier molecular flexibility index (Phi) is 3.27. The Morgan fingerprint density at radius 2 is 1.85 bits per heavy atom. The van der Waals surface area contributed by atoms with Crippen molar-refractivity contribution in [3.8, 4) is 0 Å². The highest BCUT2D eigenvalue weighted by Crippen LogP contribution is 2.57. The minimum absolute atomic E-state index is 0.421. The van der Waals surface area contributed by atoms with Crippen LogP contribution in [0.15, 0.2) is 18.2 Å². The summed E-state index contributed by atoms with van der Waals surface area (Å²) in [4.78, 5) is 0. The van der Waals surface area contributed by atoms with E-state index in [4.69, 9.17) is 0 Å². The molecule has 0 aromatic heterocycles. The van der Waals surface area contributed by atoms with Crippen LogP contribution < -0.4 is 0 Å². The van der Waals surface area contributed by atoms with E-state index in [0.717, 1.165) is 5.92 Å². The Morgan fingerprint density at radius 3 is 2.55 bits per heavy atom. The first-order valence-electron chi connectivity index (χ1n) is 8.48. The van der Waals surface area contributed by atoms with Crippen molar-refractivity contribution in [1.82, 2.24) is 0 Å². The van der Waals surface area contributed by atoms with Gasteiger partial charge in [0, 0.05) is 0 Å². The van der Waals surface area contributed by atoms with Crippen LogP contribution in [0, 0.1) is 11.3 Å². The summed E-state index contributed by atoms with van der Waals surface area (Å²) in [5.74, 6) is 1.51. The molecule has 0 saturated heterocycles. The molecule has 2 atom stereocenters. The van der Waals surface area contributed by atoms with E-state index in [1.54, 1.807) is 11.1 Å². The Balaban J connectivity index is 2.06. The summed E-state index contributed by atoms with van der Waals surface area (Å²) in [6, 6.07) is 7.36. The highest BCUT2D eigenvalue weighted by molar-refractivity contribution is 5.42. The van der Waals surface area contributed by atoms with Crippen molar-refractivity contribution in [1.29, 1.82) is 0 Å². The fourth-order valence-corrected chi connectivity index (χ4v) is 5.19. The highest BCUT2D eigenvalue weighted by Gasteiger charge is 2.49. The van der Waals surface area contributed by atoms with E-state index in [1.165, 1.54) is 37.7 Å². The molecule has 0 radical (unpaired) electrons. The van der Waals surface area contributed by atoms with Crippen LogP contribution >= 0.6 is 0 Å². The van der Waals surface area contributed by atoms with Crippen molar-refractivity contribution < 1.29 is 0 Å². The van der Waals surface area contributed by atoms with Gasteiger partial charge in [0.1, 0.15) is 0 Å². The van der Waals surface area contributed by atoms with Crippen molar-refractivity contribution in [3.63, 3.8) is 0 Å². The first kappa shape index (κ1) is 14.2. The van der Waals surface area contributed by atoms with Gasteiger partial charge in [-0.2, -0.15) is 0 Å². The van der Waals surface area contributed by atoms with Crippen LogP contribution in [0.25, 0.3) is 0 Å². The van der Waals surface area contributed by atoms with Gasteiger partial charge in [0.2, 0.25) is 0 Å². The average molecular weight is 270 g/mol. The van der Waals surface area contributed by atoms with Crippen molar-refractivity contribution in [2.45, 2.75) is 78.1 Å². The zero-order chi connectivity index (χ0) is 14.5. The van der Waals surface area contributed by atoms with Crippen LogP contribution in [0.5, 0.6) is 0 Å².